The molecule has 0 bridgehead atoms. The zero-order valence-electron chi connectivity index (χ0n) is 13.9. The fraction of sp³-hybridized carbons (Fsp3) is 0.300. The SMILES string of the molecule is C=CC(S)CCC(C)(C)[Si](O)(c1ccccc1)c1ccccc1. The molecule has 2 aromatic carbocycles. The number of hydrogen-bond acceptors (Lipinski definition) is 2. The van der Waals surface area contributed by atoms with Crippen LogP contribution in [0.4, 0.5) is 0 Å². The molecule has 2 rings (SSSR count). The molecule has 0 amide bonds. The van der Waals surface area contributed by atoms with Crippen LogP contribution in [0.3, 0.4) is 0 Å². The number of thiol groups is 1. The van der Waals surface area contributed by atoms with Gasteiger partial charge >= 0.3 is 0 Å². The molecule has 0 aliphatic rings. The zero-order chi connectivity index (χ0) is 16.9. The molecule has 0 heterocycles. The highest BCUT2D eigenvalue weighted by molar-refractivity contribution is 7.81. The molecule has 0 radical (unpaired) electrons. The molecule has 0 aliphatic carbocycles. The third-order valence-electron chi connectivity index (χ3n) is 4.70. The maximum absolute atomic E-state index is 12.0. The van der Waals surface area contributed by atoms with Crippen molar-refractivity contribution in [2.45, 2.75) is 37.0 Å². The first-order valence-electron chi connectivity index (χ1n) is 8.06. The van der Waals surface area contributed by atoms with Crippen molar-refractivity contribution < 1.29 is 4.80 Å². The molecule has 0 aromatic heterocycles. The van der Waals surface area contributed by atoms with Gasteiger partial charge < -0.3 is 4.80 Å². The number of hydrogen-bond donors (Lipinski definition) is 2. The summed E-state index contributed by atoms with van der Waals surface area (Å²) in [5.74, 6) is 0. The van der Waals surface area contributed by atoms with E-state index in [1.54, 1.807) is 0 Å². The highest BCUT2D eigenvalue weighted by Gasteiger charge is 2.49. The van der Waals surface area contributed by atoms with Gasteiger partial charge in [0, 0.05) is 5.25 Å². The maximum atomic E-state index is 12.0. The third-order valence-corrected chi connectivity index (χ3v) is 9.72. The molecule has 122 valence electrons. The van der Waals surface area contributed by atoms with Crippen molar-refractivity contribution >= 4 is 31.3 Å². The standard InChI is InChI=1S/C20H26OSSi/c1-4-17(22)15-16-20(2,3)23(21,18-11-7-5-8-12-18)19-13-9-6-10-14-19/h4-14,17,21-22H,1,15-16H2,2-3H3. The summed E-state index contributed by atoms with van der Waals surface area (Å²) in [5.41, 5.74) is 0. The van der Waals surface area contributed by atoms with E-state index in [0.29, 0.717) is 0 Å². The Bertz CT molecular complexity index is 585. The topological polar surface area (TPSA) is 20.2 Å². The highest BCUT2D eigenvalue weighted by atomic mass is 32.1. The molecule has 1 N–H and O–H groups in total. The van der Waals surface area contributed by atoms with E-state index in [9.17, 15) is 4.80 Å². The van der Waals surface area contributed by atoms with Crippen LogP contribution in [0, 0.1) is 0 Å². The second-order valence-electron chi connectivity index (χ2n) is 6.67. The Hall–Kier alpha value is -1.29. The summed E-state index contributed by atoms with van der Waals surface area (Å²) in [6.45, 7) is 8.18. The summed E-state index contributed by atoms with van der Waals surface area (Å²) in [7, 11) is -2.88. The van der Waals surface area contributed by atoms with Gasteiger partial charge in [0.25, 0.3) is 8.32 Å². The molecule has 1 atom stereocenters. The van der Waals surface area contributed by atoms with Crippen LogP contribution in [-0.2, 0) is 0 Å². The van der Waals surface area contributed by atoms with Gasteiger partial charge in [-0.05, 0) is 28.3 Å². The predicted octanol–water partition coefficient (Wildman–Crippen LogP) is 3.78. The Balaban J connectivity index is 2.48. The van der Waals surface area contributed by atoms with Crippen LogP contribution in [-0.4, -0.2) is 18.4 Å². The molecule has 1 nitrogen and oxygen atoms in total. The monoisotopic (exact) mass is 342 g/mol. The van der Waals surface area contributed by atoms with Gasteiger partial charge in [-0.2, -0.15) is 12.6 Å². The maximum Gasteiger partial charge on any atom is 0.258 e. The van der Waals surface area contributed by atoms with Crippen LogP contribution in [0.25, 0.3) is 0 Å². The molecule has 0 aliphatic heterocycles. The lowest BCUT2D eigenvalue weighted by molar-refractivity contribution is 0.460. The first-order chi connectivity index (χ1) is 10.9. The molecule has 0 spiro atoms. The molecule has 0 saturated heterocycles. The van der Waals surface area contributed by atoms with Crippen molar-refractivity contribution in [1.82, 2.24) is 0 Å². The molecular weight excluding hydrogens is 316 g/mol. The van der Waals surface area contributed by atoms with E-state index in [0.717, 1.165) is 23.2 Å². The van der Waals surface area contributed by atoms with Gasteiger partial charge in [0.2, 0.25) is 0 Å². The molecule has 0 fully saturated rings. The van der Waals surface area contributed by atoms with Crippen LogP contribution < -0.4 is 10.4 Å². The Morgan fingerprint density at radius 1 is 1.04 bits per heavy atom. The minimum absolute atomic E-state index is 0.166. The Kier molecular flexibility index (Phi) is 5.90. The van der Waals surface area contributed by atoms with Crippen LogP contribution in [0.15, 0.2) is 73.3 Å². The summed E-state index contributed by atoms with van der Waals surface area (Å²) < 4.78 is 0. The number of benzene rings is 2. The Morgan fingerprint density at radius 3 is 1.87 bits per heavy atom. The lowest BCUT2D eigenvalue weighted by Crippen LogP contribution is -2.65. The minimum Gasteiger partial charge on any atom is -0.424 e. The van der Waals surface area contributed by atoms with E-state index in [1.807, 2.05) is 42.5 Å². The molecule has 23 heavy (non-hydrogen) atoms. The van der Waals surface area contributed by atoms with Crippen molar-refractivity contribution in [2.75, 3.05) is 0 Å². The second kappa shape index (κ2) is 7.52. The van der Waals surface area contributed by atoms with Gasteiger partial charge in [0.05, 0.1) is 0 Å². The molecular formula is C20H26OSSi. The number of rotatable bonds is 7. The minimum atomic E-state index is -2.88. The highest BCUT2D eigenvalue weighted by Crippen LogP contribution is 2.40. The van der Waals surface area contributed by atoms with Crippen molar-refractivity contribution in [3.8, 4) is 0 Å². The summed E-state index contributed by atoms with van der Waals surface area (Å²) in [6, 6.07) is 20.3. The quantitative estimate of drug-likeness (QED) is 0.446. The van der Waals surface area contributed by atoms with Gasteiger partial charge in [-0.3, -0.25) is 0 Å². The summed E-state index contributed by atoms with van der Waals surface area (Å²) in [4.78, 5) is 12.0. The van der Waals surface area contributed by atoms with Crippen LogP contribution in [0.5, 0.6) is 0 Å². The summed E-state index contributed by atoms with van der Waals surface area (Å²) in [5, 5.41) is 2.08. The van der Waals surface area contributed by atoms with E-state index in [1.165, 1.54) is 0 Å². The largest absolute Gasteiger partial charge is 0.424 e. The van der Waals surface area contributed by atoms with Gasteiger partial charge in [0.15, 0.2) is 0 Å². The Morgan fingerprint density at radius 2 is 1.48 bits per heavy atom. The van der Waals surface area contributed by atoms with Crippen molar-refractivity contribution in [3.05, 3.63) is 73.3 Å². The van der Waals surface area contributed by atoms with E-state index >= 15 is 0 Å². The zero-order valence-corrected chi connectivity index (χ0v) is 15.8. The van der Waals surface area contributed by atoms with Crippen molar-refractivity contribution in [2.24, 2.45) is 0 Å². The van der Waals surface area contributed by atoms with Gasteiger partial charge in [0.1, 0.15) is 0 Å². The normalized spacial score (nSPS) is 13.6. The average Bonchev–Trinajstić information content (AvgIpc) is 2.60. The first kappa shape index (κ1) is 18.1. The van der Waals surface area contributed by atoms with Crippen molar-refractivity contribution in [3.63, 3.8) is 0 Å². The van der Waals surface area contributed by atoms with Crippen LogP contribution in [0.2, 0.25) is 5.04 Å². The van der Waals surface area contributed by atoms with Crippen molar-refractivity contribution in [1.29, 1.82) is 0 Å². The fourth-order valence-corrected chi connectivity index (χ4v) is 7.00. The predicted molar refractivity (Wildman–Crippen MR) is 106 cm³/mol. The van der Waals surface area contributed by atoms with Gasteiger partial charge in [-0.25, -0.2) is 0 Å². The lowest BCUT2D eigenvalue weighted by Gasteiger charge is -2.41. The van der Waals surface area contributed by atoms with E-state index < -0.39 is 8.32 Å². The molecule has 0 saturated carbocycles. The van der Waals surface area contributed by atoms with Gasteiger partial charge in [-0.1, -0.05) is 80.6 Å². The third kappa shape index (κ3) is 3.79. The fourth-order valence-electron chi connectivity index (χ4n) is 3.11. The lowest BCUT2D eigenvalue weighted by atomic mass is 10.0. The first-order valence-corrected chi connectivity index (χ1v) is 10.5. The Labute approximate surface area is 146 Å². The summed E-state index contributed by atoms with van der Waals surface area (Å²) in [6.07, 6.45) is 3.68. The molecule has 3 heteroatoms. The second-order valence-corrected chi connectivity index (χ2v) is 11.3. The molecule has 2 aromatic rings. The average molecular weight is 343 g/mol. The summed E-state index contributed by atoms with van der Waals surface area (Å²) >= 11 is 4.53. The molecule has 1 unspecified atom stereocenters. The van der Waals surface area contributed by atoms with Crippen LogP contribution >= 0.6 is 12.6 Å². The van der Waals surface area contributed by atoms with Gasteiger partial charge in [-0.15, -0.1) is 6.58 Å². The van der Waals surface area contributed by atoms with E-state index in [2.05, 4.69) is 57.3 Å². The smallest absolute Gasteiger partial charge is 0.258 e. The van der Waals surface area contributed by atoms with E-state index in [4.69, 9.17) is 0 Å². The van der Waals surface area contributed by atoms with E-state index in [-0.39, 0.29) is 10.3 Å². The van der Waals surface area contributed by atoms with Crippen LogP contribution in [0.1, 0.15) is 26.7 Å².